The number of benzene rings is 1. The summed E-state index contributed by atoms with van der Waals surface area (Å²) in [7, 11) is -3.75. The zero-order valence-electron chi connectivity index (χ0n) is 8.71. The molecule has 0 unspecified atom stereocenters. The van der Waals surface area contributed by atoms with E-state index in [1.807, 2.05) is 0 Å². The van der Waals surface area contributed by atoms with Crippen molar-refractivity contribution < 1.29 is 18.3 Å². The second-order valence-electron chi connectivity index (χ2n) is 3.72. The summed E-state index contributed by atoms with van der Waals surface area (Å²) >= 11 is 5.72. The predicted molar refractivity (Wildman–Crippen MR) is 61.4 cm³/mol. The first-order valence-electron chi connectivity index (χ1n) is 4.93. The number of carboxylic acids is 1. The fourth-order valence-corrected chi connectivity index (χ4v) is 3.59. The molecule has 2 rings (SSSR count). The average Bonchev–Trinajstić information content (AvgIpc) is 2.14. The van der Waals surface area contributed by atoms with Crippen molar-refractivity contribution in [3.63, 3.8) is 0 Å². The Morgan fingerprint density at radius 3 is 2.65 bits per heavy atom. The van der Waals surface area contributed by atoms with Gasteiger partial charge in [-0.15, -0.1) is 0 Å². The Morgan fingerprint density at radius 2 is 2.18 bits per heavy atom. The summed E-state index contributed by atoms with van der Waals surface area (Å²) in [6.45, 7) is 0.228. The number of aliphatic carboxylic acids is 1. The monoisotopic (exact) mass is 275 g/mol. The second-order valence-corrected chi connectivity index (χ2v) is 6.04. The molecular formula is C10H10ClNO4S. The van der Waals surface area contributed by atoms with Crippen molar-refractivity contribution in [1.29, 1.82) is 0 Å². The Morgan fingerprint density at radius 1 is 1.47 bits per heavy atom. The summed E-state index contributed by atoms with van der Waals surface area (Å²) in [6, 6.07) is 4.84. The van der Waals surface area contributed by atoms with Crippen molar-refractivity contribution in [2.24, 2.45) is 0 Å². The molecule has 92 valence electrons. The Balaban J connectivity index is 2.34. The molecule has 5 nitrogen and oxygen atoms in total. The number of hydrogen-bond acceptors (Lipinski definition) is 3. The molecule has 1 aliphatic heterocycles. The van der Waals surface area contributed by atoms with E-state index in [2.05, 4.69) is 0 Å². The van der Waals surface area contributed by atoms with Gasteiger partial charge in [-0.2, -0.15) is 4.31 Å². The summed E-state index contributed by atoms with van der Waals surface area (Å²) in [6.07, 6.45) is 0.342. The molecule has 1 aromatic rings. The van der Waals surface area contributed by atoms with Crippen LogP contribution in [0.4, 0.5) is 0 Å². The highest BCUT2D eigenvalue weighted by Crippen LogP contribution is 2.28. The van der Waals surface area contributed by atoms with Gasteiger partial charge in [0.25, 0.3) is 0 Å². The van der Waals surface area contributed by atoms with E-state index in [1.165, 1.54) is 18.2 Å². The fourth-order valence-electron chi connectivity index (χ4n) is 1.66. The van der Waals surface area contributed by atoms with Crippen LogP contribution in [-0.4, -0.2) is 36.4 Å². The van der Waals surface area contributed by atoms with Crippen LogP contribution >= 0.6 is 11.6 Å². The van der Waals surface area contributed by atoms with Gasteiger partial charge in [0, 0.05) is 11.6 Å². The first-order chi connectivity index (χ1) is 7.93. The summed E-state index contributed by atoms with van der Waals surface area (Å²) in [5, 5.41) is 9.14. The summed E-state index contributed by atoms with van der Waals surface area (Å²) in [5.74, 6) is -1.12. The highest BCUT2D eigenvalue weighted by atomic mass is 35.5. The highest BCUT2D eigenvalue weighted by molar-refractivity contribution is 7.89. The number of hydrogen-bond donors (Lipinski definition) is 1. The fraction of sp³-hybridized carbons (Fsp3) is 0.300. The van der Waals surface area contributed by atoms with Gasteiger partial charge in [-0.3, -0.25) is 4.79 Å². The van der Waals surface area contributed by atoms with Crippen LogP contribution in [0.5, 0.6) is 0 Å². The minimum absolute atomic E-state index is 0.0240. The minimum Gasteiger partial charge on any atom is -0.480 e. The molecule has 0 saturated carbocycles. The molecule has 0 bridgehead atoms. The number of sulfonamides is 1. The smallest absolute Gasteiger partial charge is 0.322 e. The maximum absolute atomic E-state index is 12.1. The molecule has 0 amide bonds. The van der Waals surface area contributed by atoms with Crippen LogP contribution in [-0.2, 0) is 14.8 Å². The standard InChI is InChI=1S/C10H10ClNO4S/c11-7-2-1-3-8(6-7)17(15,16)12-5-4-9(12)10(13)14/h1-3,6,9H,4-5H2,(H,13,14)/t9-/m0/s1. The normalized spacial score (nSPS) is 20.9. The van der Waals surface area contributed by atoms with Crippen molar-refractivity contribution in [2.75, 3.05) is 6.54 Å². The van der Waals surface area contributed by atoms with Gasteiger partial charge < -0.3 is 5.11 Å². The lowest BCUT2D eigenvalue weighted by Crippen LogP contribution is -2.54. The van der Waals surface area contributed by atoms with Crippen LogP contribution < -0.4 is 0 Å². The van der Waals surface area contributed by atoms with Crippen LogP contribution in [0.2, 0.25) is 5.02 Å². The SMILES string of the molecule is O=C(O)[C@@H]1CCN1S(=O)(=O)c1cccc(Cl)c1. The van der Waals surface area contributed by atoms with E-state index in [9.17, 15) is 13.2 Å². The van der Waals surface area contributed by atoms with Gasteiger partial charge in [0.2, 0.25) is 10.0 Å². The number of carbonyl (C=O) groups is 1. The molecule has 0 aromatic heterocycles. The van der Waals surface area contributed by atoms with Crippen molar-refractivity contribution in [3.05, 3.63) is 29.3 Å². The molecule has 0 aliphatic carbocycles. The topological polar surface area (TPSA) is 74.7 Å². The van der Waals surface area contributed by atoms with Crippen LogP contribution in [0.3, 0.4) is 0 Å². The molecule has 1 fully saturated rings. The van der Waals surface area contributed by atoms with E-state index in [-0.39, 0.29) is 11.4 Å². The zero-order chi connectivity index (χ0) is 12.6. The molecule has 1 N–H and O–H groups in total. The number of nitrogens with zero attached hydrogens (tertiary/aromatic N) is 1. The number of halogens is 1. The Bertz CT molecular complexity index is 557. The lowest BCUT2D eigenvalue weighted by molar-refractivity contribution is -0.144. The van der Waals surface area contributed by atoms with Crippen molar-refractivity contribution in [1.82, 2.24) is 4.31 Å². The molecule has 1 aliphatic rings. The van der Waals surface area contributed by atoms with Crippen LogP contribution in [0.25, 0.3) is 0 Å². The maximum Gasteiger partial charge on any atom is 0.322 e. The third kappa shape index (κ3) is 2.15. The Kier molecular flexibility index (Phi) is 3.11. The first kappa shape index (κ1) is 12.3. The van der Waals surface area contributed by atoms with Gasteiger partial charge in [-0.1, -0.05) is 17.7 Å². The van der Waals surface area contributed by atoms with Crippen LogP contribution in [0.15, 0.2) is 29.2 Å². The van der Waals surface area contributed by atoms with E-state index >= 15 is 0 Å². The van der Waals surface area contributed by atoms with E-state index < -0.39 is 22.0 Å². The van der Waals surface area contributed by atoms with Gasteiger partial charge >= 0.3 is 5.97 Å². The average molecular weight is 276 g/mol. The van der Waals surface area contributed by atoms with E-state index in [0.29, 0.717) is 11.4 Å². The van der Waals surface area contributed by atoms with Gasteiger partial charge in [0.05, 0.1) is 4.90 Å². The predicted octanol–water partition coefficient (Wildman–Crippen LogP) is 1.19. The summed E-state index contributed by atoms with van der Waals surface area (Å²) in [4.78, 5) is 10.8. The summed E-state index contributed by atoms with van der Waals surface area (Å²) < 4.78 is 25.1. The Labute approximate surface area is 104 Å². The van der Waals surface area contributed by atoms with E-state index in [1.54, 1.807) is 6.07 Å². The zero-order valence-corrected chi connectivity index (χ0v) is 10.3. The highest BCUT2D eigenvalue weighted by Gasteiger charge is 2.42. The largest absolute Gasteiger partial charge is 0.480 e. The van der Waals surface area contributed by atoms with E-state index in [4.69, 9.17) is 16.7 Å². The molecule has 0 spiro atoms. The van der Waals surface area contributed by atoms with E-state index in [0.717, 1.165) is 4.31 Å². The van der Waals surface area contributed by atoms with Gasteiger partial charge in [0.15, 0.2) is 0 Å². The molecule has 1 heterocycles. The van der Waals surface area contributed by atoms with Crippen molar-refractivity contribution in [3.8, 4) is 0 Å². The van der Waals surface area contributed by atoms with Gasteiger partial charge in [-0.05, 0) is 24.6 Å². The minimum atomic E-state index is -3.75. The maximum atomic E-state index is 12.1. The molecule has 1 atom stereocenters. The lowest BCUT2D eigenvalue weighted by atomic mass is 10.1. The third-order valence-corrected chi connectivity index (χ3v) is 4.80. The third-order valence-electron chi connectivity index (χ3n) is 2.66. The lowest BCUT2D eigenvalue weighted by Gasteiger charge is -2.36. The second kappa shape index (κ2) is 4.29. The number of carboxylic acid groups (broad SMARTS) is 1. The summed E-state index contributed by atoms with van der Waals surface area (Å²) in [5.41, 5.74) is 0. The number of rotatable bonds is 3. The molecule has 17 heavy (non-hydrogen) atoms. The van der Waals surface area contributed by atoms with Crippen molar-refractivity contribution in [2.45, 2.75) is 17.4 Å². The van der Waals surface area contributed by atoms with Crippen LogP contribution in [0, 0.1) is 0 Å². The van der Waals surface area contributed by atoms with Gasteiger partial charge in [0.1, 0.15) is 6.04 Å². The molecule has 0 radical (unpaired) electrons. The molecule has 1 aromatic carbocycles. The molecule has 1 saturated heterocycles. The molecular weight excluding hydrogens is 266 g/mol. The molecule has 7 heteroatoms. The van der Waals surface area contributed by atoms with Gasteiger partial charge in [-0.25, -0.2) is 8.42 Å². The van der Waals surface area contributed by atoms with Crippen molar-refractivity contribution >= 4 is 27.6 Å². The Hall–Kier alpha value is -1.11. The first-order valence-corrected chi connectivity index (χ1v) is 6.75. The quantitative estimate of drug-likeness (QED) is 0.899. The van der Waals surface area contributed by atoms with Crippen LogP contribution in [0.1, 0.15) is 6.42 Å².